The molecule has 0 saturated heterocycles. The molecule has 0 radical (unpaired) electrons. The lowest BCUT2D eigenvalue weighted by Gasteiger charge is -2.04. The van der Waals surface area contributed by atoms with Crippen molar-refractivity contribution >= 4 is 33.8 Å². The summed E-state index contributed by atoms with van der Waals surface area (Å²) in [6.07, 6.45) is 5.40. The van der Waals surface area contributed by atoms with Crippen LogP contribution in [0.4, 0.5) is 5.82 Å². The maximum Gasteiger partial charge on any atom is 0.323 e. The van der Waals surface area contributed by atoms with E-state index in [2.05, 4.69) is 55.5 Å². The van der Waals surface area contributed by atoms with Gasteiger partial charge in [0.2, 0.25) is 0 Å². The standard InChI is InChI=1S/C23H21N4/c1-26-20-10-5-3-8-18(20)12-14-22(26)24-16-7-17-25-23-15-13-19-9-4-6-11-21(19)27(23)2/h3-17H,1-2H3/q+1. The van der Waals surface area contributed by atoms with Crippen LogP contribution >= 0.6 is 0 Å². The van der Waals surface area contributed by atoms with Gasteiger partial charge in [0.05, 0.1) is 7.05 Å². The lowest BCUT2D eigenvalue weighted by molar-refractivity contribution is -0.631. The van der Waals surface area contributed by atoms with E-state index in [0.717, 1.165) is 22.3 Å². The number of benzene rings is 2. The summed E-state index contributed by atoms with van der Waals surface area (Å²) in [5.74, 6) is 0.898. The highest BCUT2D eigenvalue weighted by Crippen LogP contribution is 2.13. The lowest BCUT2D eigenvalue weighted by Crippen LogP contribution is -2.29. The first-order chi connectivity index (χ1) is 13.2. The topological polar surface area (TPSA) is 33.5 Å². The molecule has 132 valence electrons. The van der Waals surface area contributed by atoms with E-state index in [1.807, 2.05) is 56.6 Å². The van der Waals surface area contributed by atoms with Crippen LogP contribution in [-0.2, 0) is 14.1 Å². The molecule has 0 fully saturated rings. The fourth-order valence-electron chi connectivity index (χ4n) is 3.20. The number of pyridine rings is 2. The zero-order valence-electron chi connectivity index (χ0n) is 15.4. The first-order valence-corrected chi connectivity index (χ1v) is 8.90. The van der Waals surface area contributed by atoms with Gasteiger partial charge in [-0.3, -0.25) is 0 Å². The molecular weight excluding hydrogens is 332 g/mol. The summed E-state index contributed by atoms with van der Waals surface area (Å²) in [6, 6.07) is 24.8. The molecule has 0 atom stereocenters. The van der Waals surface area contributed by atoms with Gasteiger partial charge in [-0.15, -0.1) is 0 Å². The number of hydrogen-bond acceptors (Lipinski definition) is 2. The minimum absolute atomic E-state index is 0.898. The average molecular weight is 353 g/mol. The third-order valence-corrected chi connectivity index (χ3v) is 4.69. The molecule has 4 rings (SSSR count). The first-order valence-electron chi connectivity index (χ1n) is 8.90. The second-order valence-electron chi connectivity index (χ2n) is 6.37. The molecule has 27 heavy (non-hydrogen) atoms. The highest BCUT2D eigenvalue weighted by molar-refractivity contribution is 5.79. The van der Waals surface area contributed by atoms with E-state index in [1.54, 1.807) is 12.4 Å². The fraction of sp³-hybridized carbons (Fsp3) is 0.0870. The van der Waals surface area contributed by atoms with E-state index in [1.165, 1.54) is 10.8 Å². The van der Waals surface area contributed by atoms with Crippen LogP contribution in [0.15, 0.2) is 95.1 Å². The molecule has 0 saturated carbocycles. The molecule has 0 aliphatic carbocycles. The maximum atomic E-state index is 4.54. The summed E-state index contributed by atoms with van der Waals surface area (Å²) in [7, 11) is 4.05. The Morgan fingerprint density at radius 1 is 0.852 bits per heavy atom. The Kier molecular flexibility index (Phi) is 4.62. The number of para-hydroxylation sites is 2. The van der Waals surface area contributed by atoms with E-state index >= 15 is 0 Å². The smallest absolute Gasteiger partial charge is 0.323 e. The summed E-state index contributed by atoms with van der Waals surface area (Å²) in [4.78, 5) is 9.09. The summed E-state index contributed by atoms with van der Waals surface area (Å²) < 4.78 is 4.17. The van der Waals surface area contributed by atoms with Gasteiger partial charge in [-0.25, -0.2) is 9.56 Å². The number of aromatic nitrogens is 2. The number of allylic oxidation sites excluding steroid dienone is 1. The maximum absolute atomic E-state index is 4.54. The highest BCUT2D eigenvalue weighted by Gasteiger charge is 2.07. The van der Waals surface area contributed by atoms with E-state index in [4.69, 9.17) is 0 Å². The van der Waals surface area contributed by atoms with Crippen LogP contribution in [0.25, 0.3) is 21.8 Å². The molecule has 2 heterocycles. The molecule has 4 aromatic rings. The van der Waals surface area contributed by atoms with Crippen LogP contribution in [0.3, 0.4) is 0 Å². The number of aliphatic imine (C=N–C) groups is 1. The van der Waals surface area contributed by atoms with Crippen LogP contribution in [0.5, 0.6) is 0 Å². The van der Waals surface area contributed by atoms with E-state index in [-0.39, 0.29) is 0 Å². The molecule has 4 nitrogen and oxygen atoms in total. The Morgan fingerprint density at radius 3 is 2.48 bits per heavy atom. The Bertz CT molecular complexity index is 1250. The van der Waals surface area contributed by atoms with Gasteiger partial charge in [0.15, 0.2) is 0 Å². The number of rotatable bonds is 3. The van der Waals surface area contributed by atoms with Gasteiger partial charge < -0.3 is 4.57 Å². The van der Waals surface area contributed by atoms with Gasteiger partial charge in [0, 0.05) is 36.3 Å². The highest BCUT2D eigenvalue weighted by atomic mass is 15.0. The van der Waals surface area contributed by atoms with Gasteiger partial charge >= 0.3 is 5.82 Å². The molecule has 0 N–H and O–H groups in total. The summed E-state index contributed by atoms with van der Waals surface area (Å²) >= 11 is 0. The van der Waals surface area contributed by atoms with Crippen LogP contribution in [0.2, 0.25) is 0 Å². The molecule has 2 aromatic heterocycles. The predicted octanol–water partition coefficient (Wildman–Crippen LogP) is 3.97. The minimum atomic E-state index is 0.898. The Balaban J connectivity index is 1.59. The van der Waals surface area contributed by atoms with Crippen LogP contribution in [-0.4, -0.2) is 10.8 Å². The van der Waals surface area contributed by atoms with Crippen LogP contribution < -0.4 is 10.1 Å². The number of aryl methyl sites for hydroxylation is 2. The quantitative estimate of drug-likeness (QED) is 0.394. The van der Waals surface area contributed by atoms with Gasteiger partial charge in [-0.05, 0) is 40.7 Å². The predicted molar refractivity (Wildman–Crippen MR) is 111 cm³/mol. The van der Waals surface area contributed by atoms with Crippen molar-refractivity contribution in [3.05, 3.63) is 90.6 Å². The van der Waals surface area contributed by atoms with Crippen LogP contribution in [0.1, 0.15) is 0 Å². The molecule has 0 aliphatic heterocycles. The molecule has 0 amide bonds. The van der Waals surface area contributed by atoms with Crippen molar-refractivity contribution in [3.63, 3.8) is 0 Å². The van der Waals surface area contributed by atoms with Crippen molar-refractivity contribution in [2.45, 2.75) is 0 Å². The van der Waals surface area contributed by atoms with Crippen molar-refractivity contribution in [3.8, 4) is 0 Å². The van der Waals surface area contributed by atoms with Crippen LogP contribution in [0, 0.1) is 0 Å². The lowest BCUT2D eigenvalue weighted by atomic mass is 10.2. The third kappa shape index (κ3) is 3.42. The Hall–Kier alpha value is -3.53. The minimum Gasteiger partial charge on any atom is -0.329 e. The second kappa shape index (κ2) is 7.38. The summed E-state index contributed by atoms with van der Waals surface area (Å²) in [5.41, 5.74) is 3.21. The van der Waals surface area contributed by atoms with Crippen molar-refractivity contribution in [1.29, 1.82) is 0 Å². The first kappa shape index (κ1) is 16.9. The largest absolute Gasteiger partial charge is 0.329 e. The van der Waals surface area contributed by atoms with Crippen molar-refractivity contribution < 1.29 is 4.57 Å². The molecule has 2 aromatic carbocycles. The van der Waals surface area contributed by atoms with Gasteiger partial charge in [-0.2, -0.15) is 0 Å². The Labute approximate surface area is 158 Å². The number of nitrogens with zero attached hydrogens (tertiary/aromatic N) is 4. The van der Waals surface area contributed by atoms with E-state index < -0.39 is 0 Å². The summed E-state index contributed by atoms with van der Waals surface area (Å²) in [6.45, 7) is 0. The van der Waals surface area contributed by atoms with Crippen molar-refractivity contribution in [1.82, 2.24) is 4.57 Å². The molecule has 4 heteroatoms. The molecule has 0 bridgehead atoms. The van der Waals surface area contributed by atoms with Crippen molar-refractivity contribution in [2.24, 2.45) is 24.1 Å². The van der Waals surface area contributed by atoms with E-state index in [0.29, 0.717) is 0 Å². The van der Waals surface area contributed by atoms with Gasteiger partial charge in [0.25, 0.3) is 0 Å². The zero-order chi connectivity index (χ0) is 18.6. The summed E-state index contributed by atoms with van der Waals surface area (Å²) in [5, 5.41) is 2.40. The molecular formula is C23H21N4+. The van der Waals surface area contributed by atoms with Gasteiger partial charge in [-0.1, -0.05) is 36.4 Å². The molecule has 0 aliphatic rings. The SMILES string of the molecule is Cn1c(=N/C=C/C=Nc2ccc3ccccc3[n+]2C)ccc2ccccc21. The van der Waals surface area contributed by atoms with Gasteiger partial charge in [0.1, 0.15) is 17.2 Å². The zero-order valence-corrected chi connectivity index (χ0v) is 15.4. The monoisotopic (exact) mass is 353 g/mol. The second-order valence-corrected chi connectivity index (χ2v) is 6.37. The van der Waals surface area contributed by atoms with E-state index in [9.17, 15) is 0 Å². The number of hydrogen-bond donors (Lipinski definition) is 0. The Morgan fingerprint density at radius 2 is 1.59 bits per heavy atom. The van der Waals surface area contributed by atoms with Crippen molar-refractivity contribution in [2.75, 3.05) is 0 Å². The molecule has 0 unspecified atom stereocenters. The fourth-order valence-corrected chi connectivity index (χ4v) is 3.20. The molecule has 0 spiro atoms. The average Bonchev–Trinajstić information content (AvgIpc) is 2.71. The number of fused-ring (bicyclic) bond motifs is 2. The third-order valence-electron chi connectivity index (χ3n) is 4.69. The normalized spacial score (nSPS) is 12.7.